The average Bonchev–Trinajstić information content (AvgIpc) is 2.99. The number of benzene rings is 1. The summed E-state index contributed by atoms with van der Waals surface area (Å²) >= 11 is 0. The van der Waals surface area contributed by atoms with Crippen molar-refractivity contribution in [2.24, 2.45) is 0 Å². The van der Waals surface area contributed by atoms with Gasteiger partial charge in [-0.15, -0.1) is 12.4 Å². The third-order valence-corrected chi connectivity index (χ3v) is 6.14. The second kappa shape index (κ2) is 10.5. The molecule has 160 valence electrons. The van der Waals surface area contributed by atoms with Gasteiger partial charge in [0.25, 0.3) is 0 Å². The van der Waals surface area contributed by atoms with Crippen molar-refractivity contribution in [3.8, 4) is 5.75 Å². The van der Waals surface area contributed by atoms with E-state index in [-0.39, 0.29) is 24.6 Å². The van der Waals surface area contributed by atoms with E-state index in [0.29, 0.717) is 23.9 Å². The van der Waals surface area contributed by atoms with E-state index in [1.165, 1.54) is 38.5 Å². The van der Waals surface area contributed by atoms with E-state index in [0.717, 1.165) is 42.2 Å². The molecule has 2 aliphatic rings. The molecule has 1 aromatic heterocycles. The maximum atomic E-state index is 12.3. The molecule has 0 bridgehead atoms. The van der Waals surface area contributed by atoms with Crippen LogP contribution < -0.4 is 15.7 Å². The summed E-state index contributed by atoms with van der Waals surface area (Å²) in [5.74, 6) is 0.702. The quantitative estimate of drug-likeness (QED) is 0.541. The summed E-state index contributed by atoms with van der Waals surface area (Å²) in [6, 6.07) is 6.08. The molecule has 1 aromatic carbocycles. The number of aliphatic hydroxyl groups is 1. The highest BCUT2D eigenvalue weighted by Gasteiger charge is 2.21. The number of halogens is 1. The van der Waals surface area contributed by atoms with Crippen LogP contribution in [0.4, 0.5) is 0 Å². The smallest absolute Gasteiger partial charge is 0.339 e. The van der Waals surface area contributed by atoms with Gasteiger partial charge in [0.1, 0.15) is 24.0 Å². The van der Waals surface area contributed by atoms with Gasteiger partial charge in [0.2, 0.25) is 0 Å². The summed E-state index contributed by atoms with van der Waals surface area (Å²) in [6.07, 6.45) is 10.8. The van der Waals surface area contributed by atoms with Gasteiger partial charge in [0.15, 0.2) is 0 Å². The highest BCUT2D eigenvalue weighted by molar-refractivity contribution is 5.88. The van der Waals surface area contributed by atoms with Crippen LogP contribution in [-0.4, -0.2) is 30.4 Å². The van der Waals surface area contributed by atoms with E-state index in [1.807, 2.05) is 18.2 Å². The van der Waals surface area contributed by atoms with E-state index in [9.17, 15) is 9.90 Å². The number of nitrogens with one attached hydrogen (secondary N) is 1. The Morgan fingerprint density at radius 1 is 1.07 bits per heavy atom. The lowest BCUT2D eigenvalue weighted by Crippen LogP contribution is -2.37. The van der Waals surface area contributed by atoms with E-state index < -0.39 is 6.10 Å². The predicted molar refractivity (Wildman–Crippen MR) is 117 cm³/mol. The molecule has 0 aliphatic heterocycles. The van der Waals surface area contributed by atoms with Gasteiger partial charge in [0, 0.05) is 18.2 Å². The molecule has 2 aromatic rings. The minimum Gasteiger partial charge on any atom is -0.490 e. The topological polar surface area (TPSA) is 71.7 Å². The van der Waals surface area contributed by atoms with Crippen LogP contribution in [0.1, 0.15) is 62.5 Å². The standard InChI is InChI=1S/C23H31NO4.ClH/c25-17(14-24-16-8-3-1-2-4-9-16)15-27-20-12-7-13-21-22(20)18-10-5-6-11-19(18)23(26)28-21;/h7,12-13,16-17,24-25H,1-6,8-11,14-15H2;1H. The van der Waals surface area contributed by atoms with E-state index in [1.54, 1.807) is 0 Å². The van der Waals surface area contributed by atoms with Crippen molar-refractivity contribution in [3.05, 3.63) is 39.7 Å². The minimum atomic E-state index is -0.565. The Balaban J connectivity index is 0.00000240. The van der Waals surface area contributed by atoms with Crippen molar-refractivity contribution in [2.75, 3.05) is 13.2 Å². The first-order valence-electron chi connectivity index (χ1n) is 10.8. The number of aliphatic hydroxyl groups excluding tert-OH is 1. The van der Waals surface area contributed by atoms with Gasteiger partial charge in [-0.2, -0.15) is 0 Å². The third kappa shape index (κ3) is 5.33. The molecular formula is C23H32ClNO4. The number of rotatable bonds is 6. The zero-order chi connectivity index (χ0) is 19.3. The van der Waals surface area contributed by atoms with Crippen LogP contribution in [0.3, 0.4) is 0 Å². The van der Waals surface area contributed by atoms with Crippen LogP contribution >= 0.6 is 12.4 Å². The normalized spacial score (nSPS) is 18.5. The van der Waals surface area contributed by atoms with Crippen molar-refractivity contribution >= 4 is 23.4 Å². The van der Waals surface area contributed by atoms with Gasteiger partial charge >= 0.3 is 5.63 Å². The lowest BCUT2D eigenvalue weighted by Gasteiger charge is -2.21. The van der Waals surface area contributed by atoms with Gasteiger partial charge < -0.3 is 19.6 Å². The fraction of sp³-hybridized carbons (Fsp3) is 0.609. The van der Waals surface area contributed by atoms with Crippen LogP contribution in [0.2, 0.25) is 0 Å². The van der Waals surface area contributed by atoms with E-state index in [2.05, 4.69) is 5.32 Å². The Morgan fingerprint density at radius 2 is 1.79 bits per heavy atom. The van der Waals surface area contributed by atoms with Crippen molar-refractivity contribution in [1.82, 2.24) is 5.32 Å². The van der Waals surface area contributed by atoms with Crippen LogP contribution in [0.25, 0.3) is 11.0 Å². The lowest BCUT2D eigenvalue weighted by atomic mass is 9.90. The summed E-state index contributed by atoms with van der Waals surface area (Å²) < 4.78 is 11.5. The summed E-state index contributed by atoms with van der Waals surface area (Å²) in [4.78, 5) is 12.3. The number of fused-ring (bicyclic) bond motifs is 3. The zero-order valence-corrected chi connectivity index (χ0v) is 17.8. The maximum absolute atomic E-state index is 12.3. The summed E-state index contributed by atoms with van der Waals surface area (Å²) in [6.45, 7) is 0.773. The molecule has 0 spiro atoms. The van der Waals surface area contributed by atoms with Crippen LogP contribution in [-0.2, 0) is 12.8 Å². The van der Waals surface area contributed by atoms with Crippen molar-refractivity contribution in [3.63, 3.8) is 0 Å². The Labute approximate surface area is 178 Å². The second-order valence-electron chi connectivity index (χ2n) is 8.24. The van der Waals surface area contributed by atoms with Crippen LogP contribution in [0.15, 0.2) is 27.4 Å². The molecule has 1 saturated carbocycles. The molecule has 0 amide bonds. The molecule has 2 aliphatic carbocycles. The van der Waals surface area contributed by atoms with Crippen LogP contribution in [0.5, 0.6) is 5.75 Å². The molecule has 29 heavy (non-hydrogen) atoms. The molecule has 5 nitrogen and oxygen atoms in total. The number of hydrogen-bond donors (Lipinski definition) is 2. The maximum Gasteiger partial charge on any atom is 0.339 e. The van der Waals surface area contributed by atoms with Crippen molar-refractivity contribution in [2.45, 2.75) is 76.4 Å². The molecule has 6 heteroatoms. The van der Waals surface area contributed by atoms with Gasteiger partial charge in [-0.05, 0) is 56.2 Å². The monoisotopic (exact) mass is 421 g/mol. The molecular weight excluding hydrogens is 390 g/mol. The van der Waals surface area contributed by atoms with Gasteiger partial charge in [-0.1, -0.05) is 31.7 Å². The molecule has 1 unspecified atom stereocenters. The molecule has 2 N–H and O–H groups in total. The fourth-order valence-corrected chi connectivity index (χ4v) is 4.61. The fourth-order valence-electron chi connectivity index (χ4n) is 4.61. The first-order valence-corrected chi connectivity index (χ1v) is 10.8. The number of hydrogen-bond acceptors (Lipinski definition) is 5. The molecule has 1 fully saturated rings. The zero-order valence-electron chi connectivity index (χ0n) is 17.0. The summed E-state index contributed by atoms with van der Waals surface area (Å²) in [7, 11) is 0. The molecule has 1 heterocycles. The largest absolute Gasteiger partial charge is 0.490 e. The molecule has 0 saturated heterocycles. The Hall–Kier alpha value is -1.56. The predicted octanol–water partition coefficient (Wildman–Crippen LogP) is 4.15. The highest BCUT2D eigenvalue weighted by atomic mass is 35.5. The number of aryl methyl sites for hydroxylation is 1. The average molecular weight is 422 g/mol. The summed E-state index contributed by atoms with van der Waals surface area (Å²) in [5, 5.41) is 14.8. The first-order chi connectivity index (χ1) is 13.7. The highest BCUT2D eigenvalue weighted by Crippen LogP contribution is 2.33. The molecule has 1 atom stereocenters. The Bertz CT molecular complexity index is 858. The third-order valence-electron chi connectivity index (χ3n) is 6.14. The SMILES string of the molecule is Cl.O=c1oc2cccc(OCC(O)CNC3CCCCCC3)c2c2c1CCCC2. The number of ether oxygens (including phenoxy) is 1. The van der Waals surface area contributed by atoms with E-state index >= 15 is 0 Å². The van der Waals surface area contributed by atoms with Gasteiger partial charge in [-0.3, -0.25) is 0 Å². The van der Waals surface area contributed by atoms with Gasteiger partial charge in [-0.25, -0.2) is 4.79 Å². The Kier molecular flexibility index (Phi) is 7.99. The molecule has 4 rings (SSSR count). The van der Waals surface area contributed by atoms with Crippen molar-refractivity contribution < 1.29 is 14.3 Å². The minimum absolute atomic E-state index is 0. The van der Waals surface area contributed by atoms with Crippen LogP contribution in [0, 0.1) is 0 Å². The Morgan fingerprint density at radius 3 is 2.55 bits per heavy atom. The lowest BCUT2D eigenvalue weighted by molar-refractivity contribution is 0.103. The first kappa shape index (κ1) is 22.1. The van der Waals surface area contributed by atoms with E-state index in [4.69, 9.17) is 9.15 Å². The summed E-state index contributed by atoms with van der Waals surface area (Å²) in [5.41, 5.74) is 2.23. The molecule has 0 radical (unpaired) electrons. The van der Waals surface area contributed by atoms with Crippen molar-refractivity contribution in [1.29, 1.82) is 0 Å². The van der Waals surface area contributed by atoms with Gasteiger partial charge in [0.05, 0.1) is 5.39 Å². The second-order valence-corrected chi connectivity index (χ2v) is 8.24.